The molecule has 0 radical (unpaired) electrons. The predicted octanol–water partition coefficient (Wildman–Crippen LogP) is 2.32. The van der Waals surface area contributed by atoms with E-state index in [1.165, 1.54) is 15.8 Å². The van der Waals surface area contributed by atoms with E-state index < -0.39 is 34.8 Å². The largest absolute Gasteiger partial charge is 0.502 e. The molecule has 5 rings (SSSR count). The number of rotatable bonds is 1. The fraction of sp³-hybridized carbons (Fsp3) is 0.174. The van der Waals surface area contributed by atoms with Gasteiger partial charge in [0.2, 0.25) is 5.43 Å². The molecule has 8 nitrogen and oxygen atoms in total. The number of pyridine rings is 2. The number of hydrogen-bond acceptors (Lipinski definition) is 6. The molecule has 1 amide bonds. The van der Waals surface area contributed by atoms with Gasteiger partial charge in [-0.3, -0.25) is 24.3 Å². The van der Waals surface area contributed by atoms with Crippen LogP contribution >= 0.6 is 0 Å². The summed E-state index contributed by atoms with van der Waals surface area (Å²) >= 11 is 0. The number of amides is 1. The molecule has 2 aliphatic heterocycles. The summed E-state index contributed by atoms with van der Waals surface area (Å²) in [5.41, 5.74) is -0.213. The van der Waals surface area contributed by atoms with E-state index in [9.17, 15) is 23.5 Å². The summed E-state index contributed by atoms with van der Waals surface area (Å²) < 4.78 is 35.7. The van der Waals surface area contributed by atoms with Crippen LogP contribution in [0.1, 0.15) is 27.8 Å². The Morgan fingerprint density at radius 3 is 2.70 bits per heavy atom. The molecule has 1 aromatic carbocycles. The van der Waals surface area contributed by atoms with Crippen LogP contribution in [-0.4, -0.2) is 45.4 Å². The first kappa shape index (κ1) is 20.7. The lowest BCUT2D eigenvalue weighted by Gasteiger charge is -2.43. The van der Waals surface area contributed by atoms with Crippen molar-refractivity contribution in [1.29, 1.82) is 0 Å². The van der Waals surface area contributed by atoms with Crippen LogP contribution < -0.4 is 15.2 Å². The van der Waals surface area contributed by atoms with Gasteiger partial charge in [-0.25, -0.2) is 8.78 Å². The highest BCUT2D eigenvalue weighted by Gasteiger charge is 2.38. The number of halogens is 2. The summed E-state index contributed by atoms with van der Waals surface area (Å²) in [6, 6.07) is 7.44. The van der Waals surface area contributed by atoms with E-state index in [0.29, 0.717) is 5.69 Å². The number of carbonyl (C=O) groups is 1. The van der Waals surface area contributed by atoms with Crippen LogP contribution in [-0.2, 0) is 0 Å². The lowest BCUT2D eigenvalue weighted by molar-refractivity contribution is 0.0701. The van der Waals surface area contributed by atoms with E-state index >= 15 is 0 Å². The van der Waals surface area contributed by atoms with E-state index in [2.05, 4.69) is 4.98 Å². The fourth-order valence-corrected chi connectivity index (χ4v) is 4.03. The standard InChI is InChI=1S/C23H18F2N4O4/c24-15-11-14-19(12-16(15)25)33-10-4-3-8-27-13-29(20(14)17-5-1-2-7-26-17)28-9-6-18(30)22(31)21(28)23(27)32/h1-7,9,11-12,20,31H,8,10,13H2/b4-3-/t20-/m1/s1. The normalized spacial score (nSPS) is 18.6. The third kappa shape index (κ3) is 3.49. The summed E-state index contributed by atoms with van der Waals surface area (Å²) in [4.78, 5) is 31.1. The number of nitrogens with zero attached hydrogens (tertiary/aromatic N) is 4. The number of aromatic hydroxyl groups is 1. The Labute approximate surface area is 186 Å². The quantitative estimate of drug-likeness (QED) is 0.571. The Balaban J connectivity index is 1.82. The first-order valence-corrected chi connectivity index (χ1v) is 10.1. The Kier molecular flexibility index (Phi) is 5.04. The number of fused-ring (bicyclic) bond motifs is 5. The van der Waals surface area contributed by atoms with Crippen molar-refractivity contribution in [2.45, 2.75) is 6.04 Å². The SMILES string of the molecule is O=C1c2c(O)c(=O)ccn2N2CN1C/C=C\COc1cc(F)c(F)cc1[C@@H]2c1ccccn1. The van der Waals surface area contributed by atoms with Crippen molar-refractivity contribution in [1.82, 2.24) is 14.6 Å². The third-order valence-electron chi connectivity index (χ3n) is 5.58. The minimum Gasteiger partial charge on any atom is -0.502 e. The topological polar surface area (TPSA) is 87.9 Å². The van der Waals surface area contributed by atoms with Crippen LogP contribution in [0.3, 0.4) is 0 Å². The second-order valence-corrected chi connectivity index (χ2v) is 7.57. The zero-order chi connectivity index (χ0) is 23.1. The van der Waals surface area contributed by atoms with Crippen LogP contribution in [0.15, 0.2) is 65.7 Å². The van der Waals surface area contributed by atoms with E-state index in [1.54, 1.807) is 41.6 Å². The van der Waals surface area contributed by atoms with Crippen LogP contribution in [0.5, 0.6) is 11.5 Å². The first-order chi connectivity index (χ1) is 16.0. The van der Waals surface area contributed by atoms with Crippen molar-refractivity contribution in [3.63, 3.8) is 0 Å². The van der Waals surface area contributed by atoms with Crippen LogP contribution in [0.2, 0.25) is 0 Å². The maximum atomic E-state index is 14.5. The molecule has 3 aromatic rings. The number of carbonyl (C=O) groups excluding carboxylic acids is 1. The molecule has 0 saturated heterocycles. The number of aromatic nitrogens is 2. The summed E-state index contributed by atoms with van der Waals surface area (Å²) in [6.45, 7) is 0.235. The molecule has 0 fully saturated rings. The Morgan fingerprint density at radius 2 is 1.91 bits per heavy atom. The van der Waals surface area contributed by atoms with E-state index in [4.69, 9.17) is 4.74 Å². The van der Waals surface area contributed by atoms with Crippen molar-refractivity contribution in [3.8, 4) is 11.5 Å². The van der Waals surface area contributed by atoms with Crippen LogP contribution in [0.25, 0.3) is 0 Å². The second-order valence-electron chi connectivity index (χ2n) is 7.57. The molecular formula is C23H18F2N4O4. The highest BCUT2D eigenvalue weighted by atomic mass is 19.2. The second kappa shape index (κ2) is 8.05. The minimum absolute atomic E-state index is 0.0121. The van der Waals surface area contributed by atoms with Gasteiger partial charge in [0.05, 0.1) is 5.69 Å². The summed E-state index contributed by atoms with van der Waals surface area (Å²) in [7, 11) is 0. The monoisotopic (exact) mass is 452 g/mol. The lowest BCUT2D eigenvalue weighted by Crippen LogP contribution is -2.55. The van der Waals surface area contributed by atoms with Gasteiger partial charge < -0.3 is 14.7 Å². The van der Waals surface area contributed by atoms with Crippen molar-refractivity contribution in [3.05, 3.63) is 99.8 Å². The van der Waals surface area contributed by atoms with Gasteiger partial charge in [-0.05, 0) is 24.3 Å². The van der Waals surface area contributed by atoms with Gasteiger partial charge >= 0.3 is 0 Å². The summed E-state index contributed by atoms with van der Waals surface area (Å²) in [5, 5.41) is 12.1. The molecule has 168 valence electrons. The predicted molar refractivity (Wildman–Crippen MR) is 114 cm³/mol. The third-order valence-corrected chi connectivity index (χ3v) is 5.58. The Bertz CT molecular complexity index is 1330. The number of hydrogen-bond donors (Lipinski definition) is 1. The van der Waals surface area contributed by atoms with Crippen molar-refractivity contribution in [2.75, 3.05) is 24.8 Å². The van der Waals surface area contributed by atoms with Gasteiger partial charge in [-0.15, -0.1) is 0 Å². The molecule has 33 heavy (non-hydrogen) atoms. The summed E-state index contributed by atoms with van der Waals surface area (Å²) in [5.74, 6) is -3.28. The van der Waals surface area contributed by atoms with Crippen molar-refractivity contribution < 1.29 is 23.4 Å². The number of ether oxygens (including phenoxy) is 1. The highest BCUT2D eigenvalue weighted by Crippen LogP contribution is 2.37. The van der Waals surface area contributed by atoms with Gasteiger partial charge in [-0.1, -0.05) is 12.1 Å². The fourth-order valence-electron chi connectivity index (χ4n) is 4.03. The Morgan fingerprint density at radius 1 is 1.09 bits per heavy atom. The van der Waals surface area contributed by atoms with Crippen molar-refractivity contribution >= 4 is 5.91 Å². The number of benzene rings is 1. The van der Waals surface area contributed by atoms with Crippen LogP contribution in [0.4, 0.5) is 8.78 Å². The van der Waals surface area contributed by atoms with Gasteiger partial charge in [0.15, 0.2) is 23.1 Å². The highest BCUT2D eigenvalue weighted by molar-refractivity contribution is 5.96. The van der Waals surface area contributed by atoms with Crippen molar-refractivity contribution in [2.24, 2.45) is 0 Å². The van der Waals surface area contributed by atoms with Gasteiger partial charge in [-0.2, -0.15) is 0 Å². The van der Waals surface area contributed by atoms with E-state index in [1.807, 2.05) is 0 Å². The first-order valence-electron chi connectivity index (χ1n) is 10.1. The molecule has 1 atom stereocenters. The minimum atomic E-state index is -1.07. The van der Waals surface area contributed by atoms with Gasteiger partial charge in [0.1, 0.15) is 25.1 Å². The average molecular weight is 452 g/mol. The maximum Gasteiger partial charge on any atom is 0.278 e. The van der Waals surface area contributed by atoms with E-state index in [0.717, 1.165) is 18.2 Å². The molecule has 0 saturated carbocycles. The molecule has 2 aliphatic rings. The smallest absolute Gasteiger partial charge is 0.278 e. The van der Waals surface area contributed by atoms with E-state index in [-0.39, 0.29) is 36.8 Å². The molecule has 4 heterocycles. The lowest BCUT2D eigenvalue weighted by atomic mass is 10.0. The molecule has 0 aliphatic carbocycles. The van der Waals surface area contributed by atoms with Gasteiger partial charge in [0, 0.05) is 36.6 Å². The zero-order valence-electron chi connectivity index (χ0n) is 17.2. The molecule has 2 aromatic heterocycles. The maximum absolute atomic E-state index is 14.5. The molecule has 0 spiro atoms. The molecule has 10 heteroatoms. The summed E-state index contributed by atoms with van der Waals surface area (Å²) in [6.07, 6.45) is 6.25. The molecular weight excluding hydrogens is 434 g/mol. The average Bonchev–Trinajstić information content (AvgIpc) is 2.84. The molecule has 1 N–H and O–H groups in total. The van der Waals surface area contributed by atoms with Gasteiger partial charge in [0.25, 0.3) is 5.91 Å². The molecule has 2 bridgehead atoms. The van der Waals surface area contributed by atoms with Crippen LogP contribution in [0, 0.1) is 11.6 Å². The Hall–Kier alpha value is -4.21. The molecule has 0 unspecified atom stereocenters. The zero-order valence-corrected chi connectivity index (χ0v) is 17.2.